The Kier molecular flexibility index (Phi) is 7.33. The van der Waals surface area contributed by atoms with E-state index in [9.17, 15) is 4.79 Å². The number of likely N-dealkylation sites (tertiary alicyclic amines) is 1. The molecule has 9 nitrogen and oxygen atoms in total. The van der Waals surface area contributed by atoms with Crippen molar-refractivity contribution in [1.29, 1.82) is 0 Å². The molecule has 4 rings (SSSR count). The molecule has 2 aliphatic rings. The molecule has 2 saturated heterocycles. The van der Waals surface area contributed by atoms with Gasteiger partial charge in [-0.2, -0.15) is 5.10 Å². The summed E-state index contributed by atoms with van der Waals surface area (Å²) in [5.74, 6) is 1.91. The van der Waals surface area contributed by atoms with Crippen LogP contribution < -0.4 is 19.5 Å². The molecule has 1 aromatic heterocycles. The third kappa shape index (κ3) is 5.00. The Morgan fingerprint density at radius 1 is 1.15 bits per heavy atom. The summed E-state index contributed by atoms with van der Waals surface area (Å²) < 4.78 is 24.7. The molecule has 0 aliphatic carbocycles. The van der Waals surface area contributed by atoms with E-state index < -0.39 is 0 Å². The molecule has 34 heavy (non-hydrogen) atoms. The van der Waals surface area contributed by atoms with Crippen LogP contribution in [0.5, 0.6) is 17.2 Å². The van der Waals surface area contributed by atoms with Crippen molar-refractivity contribution >= 4 is 5.91 Å². The molecule has 1 spiro atoms. The standard InChI is InChI=1S/C25H36N4O5/c1-17-14-20(28(2)27-17)24(30)26-15-19-8-9-25(34-19)10-12-29(13-11-25)16-18-6-7-21(31-3)23(33-5)22(18)32-4/h6-7,14,19H,8-13,15-16H2,1-5H3,(H,26,30). The lowest BCUT2D eigenvalue weighted by Crippen LogP contribution is -2.45. The highest BCUT2D eigenvalue weighted by atomic mass is 16.5. The van der Waals surface area contributed by atoms with Crippen LogP contribution in [-0.2, 0) is 18.3 Å². The van der Waals surface area contributed by atoms with Crippen molar-refractivity contribution in [2.24, 2.45) is 7.05 Å². The SMILES string of the molecule is COc1ccc(CN2CCC3(CCC(CNC(=O)c4cc(C)nn4C)O3)CC2)c(OC)c1OC. The first-order valence-electron chi connectivity index (χ1n) is 11.8. The van der Waals surface area contributed by atoms with Crippen molar-refractivity contribution < 1.29 is 23.7 Å². The van der Waals surface area contributed by atoms with Crippen molar-refractivity contribution in [1.82, 2.24) is 20.0 Å². The van der Waals surface area contributed by atoms with Crippen molar-refractivity contribution in [2.45, 2.75) is 50.9 Å². The van der Waals surface area contributed by atoms with Crippen LogP contribution in [0.3, 0.4) is 0 Å². The predicted octanol–water partition coefficient (Wildman–Crippen LogP) is 2.70. The van der Waals surface area contributed by atoms with Gasteiger partial charge < -0.3 is 24.3 Å². The largest absolute Gasteiger partial charge is 0.493 e. The second-order valence-electron chi connectivity index (χ2n) is 9.24. The Balaban J connectivity index is 1.29. The quantitative estimate of drug-likeness (QED) is 0.632. The zero-order chi connectivity index (χ0) is 24.3. The Bertz CT molecular complexity index is 1010. The number of rotatable bonds is 8. The normalized spacial score (nSPS) is 19.9. The van der Waals surface area contributed by atoms with Gasteiger partial charge in [0.15, 0.2) is 11.5 Å². The summed E-state index contributed by atoms with van der Waals surface area (Å²) in [5, 5.41) is 7.27. The van der Waals surface area contributed by atoms with Gasteiger partial charge in [-0.1, -0.05) is 6.07 Å². The highest BCUT2D eigenvalue weighted by Gasteiger charge is 2.42. The van der Waals surface area contributed by atoms with Crippen LogP contribution in [0, 0.1) is 6.92 Å². The molecule has 0 radical (unpaired) electrons. The summed E-state index contributed by atoms with van der Waals surface area (Å²) in [5.41, 5.74) is 2.40. The van der Waals surface area contributed by atoms with Crippen molar-refractivity contribution in [3.05, 3.63) is 35.2 Å². The van der Waals surface area contributed by atoms with Gasteiger partial charge in [-0.25, -0.2) is 0 Å². The Morgan fingerprint density at radius 3 is 2.50 bits per heavy atom. The summed E-state index contributed by atoms with van der Waals surface area (Å²) in [7, 11) is 6.70. The lowest BCUT2D eigenvalue weighted by molar-refractivity contribution is -0.0765. The predicted molar refractivity (Wildman–Crippen MR) is 128 cm³/mol. The van der Waals surface area contributed by atoms with Crippen molar-refractivity contribution in [3.63, 3.8) is 0 Å². The molecule has 1 aromatic carbocycles. The number of aromatic nitrogens is 2. The molecule has 1 atom stereocenters. The van der Waals surface area contributed by atoms with Crippen molar-refractivity contribution in [2.75, 3.05) is 41.0 Å². The Hall–Kier alpha value is -2.78. The molecule has 9 heteroatoms. The number of nitrogens with zero attached hydrogens (tertiary/aromatic N) is 3. The van der Waals surface area contributed by atoms with Crippen LogP contribution in [0.2, 0.25) is 0 Å². The number of piperidine rings is 1. The van der Waals surface area contributed by atoms with Gasteiger partial charge in [0.2, 0.25) is 5.75 Å². The molecule has 3 heterocycles. The smallest absolute Gasteiger partial charge is 0.269 e. The van der Waals surface area contributed by atoms with E-state index in [1.807, 2.05) is 19.1 Å². The molecule has 2 aliphatic heterocycles. The third-order valence-corrected chi connectivity index (χ3v) is 7.01. The minimum absolute atomic E-state index is 0.0516. The van der Waals surface area contributed by atoms with Crippen LogP contribution in [0.4, 0.5) is 0 Å². The van der Waals surface area contributed by atoms with Gasteiger partial charge in [-0.05, 0) is 44.7 Å². The van der Waals surface area contributed by atoms with Gasteiger partial charge in [0.1, 0.15) is 5.69 Å². The molecule has 0 bridgehead atoms. The van der Waals surface area contributed by atoms with E-state index in [0.717, 1.165) is 62.3 Å². The Morgan fingerprint density at radius 2 is 1.88 bits per heavy atom. The van der Waals surface area contributed by atoms with Crippen LogP contribution in [0.25, 0.3) is 0 Å². The van der Waals surface area contributed by atoms with E-state index in [2.05, 4.69) is 15.3 Å². The fraction of sp³-hybridized carbons (Fsp3) is 0.600. The van der Waals surface area contributed by atoms with Crippen LogP contribution in [0.15, 0.2) is 18.2 Å². The zero-order valence-corrected chi connectivity index (χ0v) is 20.8. The average molecular weight is 473 g/mol. The van der Waals surface area contributed by atoms with Gasteiger partial charge in [0, 0.05) is 38.8 Å². The Labute approximate surface area is 201 Å². The average Bonchev–Trinajstić information content (AvgIpc) is 3.40. The minimum atomic E-state index is -0.105. The number of hydrogen-bond acceptors (Lipinski definition) is 7. The first kappa shape index (κ1) is 24.3. The number of benzene rings is 1. The van der Waals surface area contributed by atoms with Crippen LogP contribution in [-0.4, -0.2) is 73.3 Å². The van der Waals surface area contributed by atoms with Gasteiger partial charge in [-0.15, -0.1) is 0 Å². The van der Waals surface area contributed by atoms with Crippen LogP contribution in [0.1, 0.15) is 47.4 Å². The summed E-state index contributed by atoms with van der Waals surface area (Å²) >= 11 is 0. The number of carbonyl (C=O) groups excluding carboxylic acids is 1. The highest BCUT2D eigenvalue weighted by molar-refractivity contribution is 5.92. The molecule has 2 fully saturated rings. The highest BCUT2D eigenvalue weighted by Crippen LogP contribution is 2.42. The maximum absolute atomic E-state index is 12.5. The summed E-state index contributed by atoms with van der Waals surface area (Å²) in [6, 6.07) is 5.77. The lowest BCUT2D eigenvalue weighted by atomic mass is 9.88. The van der Waals surface area contributed by atoms with Crippen LogP contribution >= 0.6 is 0 Å². The van der Waals surface area contributed by atoms with E-state index in [1.54, 1.807) is 39.1 Å². The van der Waals surface area contributed by atoms with Gasteiger partial charge in [0.05, 0.1) is 38.7 Å². The molecular formula is C25H36N4O5. The second kappa shape index (κ2) is 10.2. The first-order chi connectivity index (χ1) is 16.4. The van der Waals surface area contributed by atoms with Crippen molar-refractivity contribution in [3.8, 4) is 17.2 Å². The fourth-order valence-corrected chi connectivity index (χ4v) is 5.17. The van der Waals surface area contributed by atoms with E-state index in [-0.39, 0.29) is 17.6 Å². The third-order valence-electron chi connectivity index (χ3n) is 7.01. The minimum Gasteiger partial charge on any atom is -0.493 e. The van der Waals surface area contributed by atoms with Gasteiger partial charge in [-0.3, -0.25) is 14.4 Å². The topological polar surface area (TPSA) is 87.1 Å². The van der Waals surface area contributed by atoms with Gasteiger partial charge in [0.25, 0.3) is 5.91 Å². The zero-order valence-electron chi connectivity index (χ0n) is 20.8. The number of nitrogens with one attached hydrogen (secondary N) is 1. The van der Waals surface area contributed by atoms with E-state index in [1.165, 1.54) is 0 Å². The van der Waals surface area contributed by atoms with E-state index in [0.29, 0.717) is 23.7 Å². The van der Waals surface area contributed by atoms with Gasteiger partial charge >= 0.3 is 0 Å². The molecule has 1 amide bonds. The van der Waals surface area contributed by atoms with E-state index >= 15 is 0 Å². The first-order valence-corrected chi connectivity index (χ1v) is 11.8. The fourth-order valence-electron chi connectivity index (χ4n) is 5.17. The number of methoxy groups -OCH3 is 3. The number of aryl methyl sites for hydroxylation is 2. The maximum Gasteiger partial charge on any atom is 0.269 e. The number of carbonyl (C=O) groups is 1. The molecule has 186 valence electrons. The maximum atomic E-state index is 12.5. The molecular weight excluding hydrogens is 436 g/mol. The number of amides is 1. The monoisotopic (exact) mass is 472 g/mol. The number of hydrogen-bond donors (Lipinski definition) is 1. The summed E-state index contributed by atoms with van der Waals surface area (Å²) in [6.45, 7) is 5.09. The lowest BCUT2D eigenvalue weighted by Gasteiger charge is -2.39. The molecule has 1 unspecified atom stereocenters. The molecule has 0 saturated carbocycles. The second-order valence-corrected chi connectivity index (χ2v) is 9.24. The number of ether oxygens (including phenoxy) is 4. The molecule has 1 N–H and O–H groups in total. The summed E-state index contributed by atoms with van der Waals surface area (Å²) in [4.78, 5) is 14.9. The summed E-state index contributed by atoms with van der Waals surface area (Å²) in [6.07, 6.45) is 4.01. The van der Waals surface area contributed by atoms with E-state index in [4.69, 9.17) is 18.9 Å². The molecule has 2 aromatic rings.